The van der Waals surface area contributed by atoms with Crippen molar-refractivity contribution >= 4 is 29.0 Å². The highest BCUT2D eigenvalue weighted by molar-refractivity contribution is 7.99. The summed E-state index contributed by atoms with van der Waals surface area (Å²) in [7, 11) is 0. The highest BCUT2D eigenvalue weighted by Gasteiger charge is 2.24. The van der Waals surface area contributed by atoms with E-state index in [0.29, 0.717) is 17.5 Å². The Balaban J connectivity index is 1.52. The Morgan fingerprint density at radius 1 is 1.32 bits per heavy atom. The molecule has 1 fully saturated rings. The van der Waals surface area contributed by atoms with Gasteiger partial charge in [0.15, 0.2) is 5.16 Å². The number of carbonyl (C=O) groups excluding carboxylic acids is 1. The quantitative estimate of drug-likeness (QED) is 0.594. The first-order chi connectivity index (χ1) is 12.1. The summed E-state index contributed by atoms with van der Waals surface area (Å²) in [5.74, 6) is 0.383. The number of hydrogen-bond donors (Lipinski definition) is 1. The fourth-order valence-corrected chi connectivity index (χ4v) is 4.73. The van der Waals surface area contributed by atoms with Crippen LogP contribution in [0.5, 0.6) is 0 Å². The molecular weight excluding hydrogens is 352 g/mol. The monoisotopic (exact) mass is 376 g/mol. The van der Waals surface area contributed by atoms with E-state index in [1.807, 2.05) is 19.9 Å². The summed E-state index contributed by atoms with van der Waals surface area (Å²) in [4.78, 5) is 24.8. The first-order valence-electron chi connectivity index (χ1n) is 8.61. The minimum atomic E-state index is 0.0357. The Morgan fingerprint density at radius 2 is 2.04 bits per heavy atom. The summed E-state index contributed by atoms with van der Waals surface area (Å²) in [6, 6.07) is 6.47. The summed E-state index contributed by atoms with van der Waals surface area (Å²) in [5.41, 5.74) is 1.87. The molecule has 0 saturated carbocycles. The van der Waals surface area contributed by atoms with Gasteiger partial charge < -0.3 is 5.32 Å². The predicted molar refractivity (Wildman–Crippen MR) is 103 cm³/mol. The minimum Gasteiger partial charge on any atom is -0.353 e. The third-order valence-corrected chi connectivity index (χ3v) is 6.06. The molecule has 0 radical (unpaired) electrons. The zero-order chi connectivity index (χ0) is 17.6. The third kappa shape index (κ3) is 5.26. The molecule has 3 heterocycles. The van der Waals surface area contributed by atoms with Crippen LogP contribution in [0.4, 0.5) is 0 Å². The van der Waals surface area contributed by atoms with E-state index in [0.717, 1.165) is 24.5 Å². The van der Waals surface area contributed by atoms with Crippen molar-refractivity contribution in [3.05, 3.63) is 39.8 Å². The number of aromatic nitrogens is 2. The van der Waals surface area contributed by atoms with Crippen molar-refractivity contribution in [3.8, 4) is 0 Å². The predicted octanol–water partition coefficient (Wildman–Crippen LogP) is 3.20. The maximum Gasteiger partial charge on any atom is 0.230 e. The molecule has 134 valence electrons. The lowest BCUT2D eigenvalue weighted by Gasteiger charge is -2.26. The van der Waals surface area contributed by atoms with Crippen LogP contribution in [0.3, 0.4) is 0 Å². The summed E-state index contributed by atoms with van der Waals surface area (Å²) in [5, 5.41) is 5.87. The van der Waals surface area contributed by atoms with E-state index in [1.165, 1.54) is 29.5 Å². The lowest BCUT2D eigenvalue weighted by atomic mass is 10.2. The summed E-state index contributed by atoms with van der Waals surface area (Å²) in [6.07, 6.45) is 2.49. The zero-order valence-electron chi connectivity index (χ0n) is 14.7. The molecule has 7 heteroatoms. The second-order valence-corrected chi connectivity index (χ2v) is 8.22. The van der Waals surface area contributed by atoms with Crippen LogP contribution >= 0.6 is 23.1 Å². The molecule has 2 aromatic rings. The van der Waals surface area contributed by atoms with Crippen LogP contribution < -0.4 is 5.32 Å². The van der Waals surface area contributed by atoms with Crippen molar-refractivity contribution in [2.45, 2.75) is 37.9 Å². The van der Waals surface area contributed by atoms with Gasteiger partial charge in [0.05, 0.1) is 11.8 Å². The summed E-state index contributed by atoms with van der Waals surface area (Å²) in [6.45, 7) is 6.78. The Labute approximate surface area is 157 Å². The standard InChI is InChI=1S/C18H24N4OS2/c1-13-10-14(2)21-18(20-13)25-12-17(23)19-11-15(16-6-5-9-24-16)22-7-3-4-8-22/h5-6,9-10,15H,3-4,7-8,11-12H2,1-2H3,(H,19,23). The fourth-order valence-electron chi connectivity index (χ4n) is 3.09. The number of nitrogens with one attached hydrogen (secondary N) is 1. The van der Waals surface area contributed by atoms with Crippen LogP contribution in [-0.2, 0) is 4.79 Å². The lowest BCUT2D eigenvalue weighted by Crippen LogP contribution is -2.37. The van der Waals surface area contributed by atoms with E-state index in [-0.39, 0.29) is 11.9 Å². The highest BCUT2D eigenvalue weighted by atomic mass is 32.2. The molecule has 0 aromatic carbocycles. The van der Waals surface area contributed by atoms with Crippen molar-refractivity contribution in [1.29, 1.82) is 0 Å². The lowest BCUT2D eigenvalue weighted by molar-refractivity contribution is -0.118. The second kappa shape index (κ2) is 8.78. The topological polar surface area (TPSA) is 58.1 Å². The molecule has 0 spiro atoms. The van der Waals surface area contributed by atoms with E-state index in [1.54, 1.807) is 11.3 Å². The average Bonchev–Trinajstić information content (AvgIpc) is 3.26. The SMILES string of the molecule is Cc1cc(C)nc(SCC(=O)NCC(c2cccs2)N2CCCC2)n1. The van der Waals surface area contributed by atoms with Crippen LogP contribution in [0.1, 0.15) is 35.1 Å². The van der Waals surface area contributed by atoms with Gasteiger partial charge in [0, 0.05) is 22.8 Å². The number of aryl methyl sites for hydroxylation is 2. The number of rotatable bonds is 7. The van der Waals surface area contributed by atoms with Crippen LogP contribution in [0.15, 0.2) is 28.7 Å². The maximum atomic E-state index is 12.3. The first-order valence-corrected chi connectivity index (χ1v) is 10.5. The Hall–Kier alpha value is -1.44. The van der Waals surface area contributed by atoms with Crippen LogP contribution in [0.2, 0.25) is 0 Å². The molecule has 0 aliphatic carbocycles. The van der Waals surface area contributed by atoms with Gasteiger partial charge >= 0.3 is 0 Å². The van der Waals surface area contributed by atoms with E-state index >= 15 is 0 Å². The molecular formula is C18H24N4OS2. The van der Waals surface area contributed by atoms with Crippen LogP contribution in [-0.4, -0.2) is 46.2 Å². The normalized spacial score (nSPS) is 16.1. The Morgan fingerprint density at radius 3 is 2.68 bits per heavy atom. The molecule has 1 unspecified atom stereocenters. The van der Waals surface area contributed by atoms with E-state index < -0.39 is 0 Å². The first kappa shape index (κ1) is 18.4. The van der Waals surface area contributed by atoms with Gasteiger partial charge in [-0.05, 0) is 57.3 Å². The number of likely N-dealkylation sites (tertiary alicyclic amines) is 1. The smallest absolute Gasteiger partial charge is 0.230 e. The molecule has 1 saturated heterocycles. The molecule has 25 heavy (non-hydrogen) atoms. The molecule has 1 atom stereocenters. The molecule has 1 aliphatic rings. The van der Waals surface area contributed by atoms with Gasteiger partial charge in [-0.3, -0.25) is 9.69 Å². The van der Waals surface area contributed by atoms with Gasteiger partial charge in [-0.2, -0.15) is 0 Å². The van der Waals surface area contributed by atoms with Gasteiger partial charge in [0.25, 0.3) is 0 Å². The van der Waals surface area contributed by atoms with Gasteiger partial charge in [0.2, 0.25) is 5.91 Å². The molecule has 2 aromatic heterocycles. The van der Waals surface area contributed by atoms with Crippen molar-refractivity contribution in [1.82, 2.24) is 20.2 Å². The minimum absolute atomic E-state index is 0.0357. The van der Waals surface area contributed by atoms with E-state index in [9.17, 15) is 4.79 Å². The van der Waals surface area contributed by atoms with Gasteiger partial charge in [0.1, 0.15) is 0 Å². The molecule has 1 N–H and O–H groups in total. The van der Waals surface area contributed by atoms with Crippen molar-refractivity contribution in [3.63, 3.8) is 0 Å². The van der Waals surface area contributed by atoms with Crippen molar-refractivity contribution < 1.29 is 4.79 Å². The number of thioether (sulfide) groups is 1. The molecule has 1 amide bonds. The largest absolute Gasteiger partial charge is 0.353 e. The van der Waals surface area contributed by atoms with Crippen LogP contribution in [0.25, 0.3) is 0 Å². The second-order valence-electron chi connectivity index (χ2n) is 6.30. The van der Waals surface area contributed by atoms with Gasteiger partial charge in [-0.15, -0.1) is 11.3 Å². The number of hydrogen-bond acceptors (Lipinski definition) is 6. The number of amides is 1. The zero-order valence-corrected chi connectivity index (χ0v) is 16.3. The van der Waals surface area contributed by atoms with Crippen LogP contribution in [0, 0.1) is 13.8 Å². The van der Waals surface area contributed by atoms with E-state index in [4.69, 9.17) is 0 Å². The molecule has 0 bridgehead atoms. The number of nitrogens with zero attached hydrogens (tertiary/aromatic N) is 3. The molecule has 3 rings (SSSR count). The summed E-state index contributed by atoms with van der Waals surface area (Å²) < 4.78 is 0. The Bertz CT molecular complexity index is 679. The number of carbonyl (C=O) groups is 1. The number of thiophene rings is 1. The molecule has 5 nitrogen and oxygen atoms in total. The van der Waals surface area contributed by atoms with Crippen molar-refractivity contribution in [2.24, 2.45) is 0 Å². The van der Waals surface area contributed by atoms with Gasteiger partial charge in [-0.25, -0.2) is 9.97 Å². The maximum absolute atomic E-state index is 12.3. The highest BCUT2D eigenvalue weighted by Crippen LogP contribution is 2.27. The van der Waals surface area contributed by atoms with Crippen molar-refractivity contribution in [2.75, 3.05) is 25.4 Å². The Kier molecular flexibility index (Phi) is 6.45. The van der Waals surface area contributed by atoms with E-state index in [2.05, 4.69) is 37.7 Å². The average molecular weight is 377 g/mol. The summed E-state index contributed by atoms with van der Waals surface area (Å²) >= 11 is 3.16. The molecule has 1 aliphatic heterocycles. The van der Waals surface area contributed by atoms with Gasteiger partial charge in [-0.1, -0.05) is 17.8 Å². The fraction of sp³-hybridized carbons (Fsp3) is 0.500. The third-order valence-electron chi connectivity index (χ3n) is 4.24.